The number of nitrogens with one attached hydrogen (secondary N) is 1. The molecule has 0 saturated heterocycles. The van der Waals surface area contributed by atoms with E-state index in [2.05, 4.69) is 5.32 Å². The standard InChI is InChI=1S/C27H33NO5S/c1-25(2,3)27(22-12-9-15-34-22,33-24(31)32-26(4,5)6)21(17-28-23(29)30)20-14-13-18-10-7-8-11-19(18)16-20/h7-16,21,28H,17H2,1-6H3,(H,29,30). The smallest absolute Gasteiger partial charge is 0.465 e. The van der Waals surface area contributed by atoms with Crippen LogP contribution in [0.3, 0.4) is 0 Å². The fourth-order valence-electron chi connectivity index (χ4n) is 4.34. The predicted octanol–water partition coefficient (Wildman–Crippen LogP) is 7.15. The lowest BCUT2D eigenvalue weighted by Crippen LogP contribution is -2.52. The van der Waals surface area contributed by atoms with Crippen LogP contribution in [0.25, 0.3) is 10.8 Å². The summed E-state index contributed by atoms with van der Waals surface area (Å²) in [5.41, 5.74) is -1.72. The van der Waals surface area contributed by atoms with E-state index in [9.17, 15) is 14.7 Å². The molecule has 3 rings (SSSR count). The largest absolute Gasteiger partial charge is 0.509 e. The van der Waals surface area contributed by atoms with Gasteiger partial charge in [-0.2, -0.15) is 0 Å². The average Bonchev–Trinajstić information content (AvgIpc) is 3.25. The molecule has 2 atom stereocenters. The molecule has 1 heterocycles. The van der Waals surface area contributed by atoms with Gasteiger partial charge in [-0.15, -0.1) is 11.3 Å². The average molecular weight is 484 g/mol. The number of fused-ring (bicyclic) bond motifs is 1. The second-order valence-corrected chi connectivity index (χ2v) is 11.3. The van der Waals surface area contributed by atoms with Crippen molar-refractivity contribution in [3.8, 4) is 0 Å². The molecule has 0 bridgehead atoms. The molecule has 7 heteroatoms. The van der Waals surface area contributed by atoms with Crippen LogP contribution in [0.4, 0.5) is 9.59 Å². The van der Waals surface area contributed by atoms with E-state index in [1.54, 1.807) is 20.8 Å². The number of ether oxygens (including phenoxy) is 2. The van der Waals surface area contributed by atoms with Gasteiger partial charge in [-0.05, 0) is 48.6 Å². The topological polar surface area (TPSA) is 84.9 Å². The van der Waals surface area contributed by atoms with E-state index >= 15 is 0 Å². The minimum atomic E-state index is -1.21. The fraction of sp³-hybridized carbons (Fsp3) is 0.407. The van der Waals surface area contributed by atoms with Gasteiger partial charge in [0.15, 0.2) is 5.60 Å². The summed E-state index contributed by atoms with van der Waals surface area (Å²) in [5.74, 6) is -0.528. The zero-order chi connectivity index (χ0) is 25.1. The summed E-state index contributed by atoms with van der Waals surface area (Å²) < 4.78 is 11.9. The highest BCUT2D eigenvalue weighted by Gasteiger charge is 2.55. The third kappa shape index (κ3) is 5.53. The molecular formula is C27H33NO5S. The number of hydrogen-bond acceptors (Lipinski definition) is 5. The Balaban J connectivity index is 2.25. The van der Waals surface area contributed by atoms with Gasteiger partial charge in [-0.3, -0.25) is 0 Å². The molecule has 3 aromatic rings. The SMILES string of the molecule is CC(C)(C)OC(=O)OC(c1cccs1)(C(CNC(=O)O)c1ccc2ccccc2c1)C(C)(C)C. The first-order chi connectivity index (χ1) is 15.8. The Morgan fingerprint density at radius 1 is 0.941 bits per heavy atom. The van der Waals surface area contributed by atoms with Gasteiger partial charge in [0.25, 0.3) is 0 Å². The third-order valence-corrected chi connectivity index (χ3v) is 6.75. The third-order valence-electron chi connectivity index (χ3n) is 5.76. The normalized spacial score (nSPS) is 14.8. The zero-order valence-electron chi connectivity index (χ0n) is 20.5. The number of carbonyl (C=O) groups is 2. The molecule has 1 aromatic heterocycles. The first-order valence-corrected chi connectivity index (χ1v) is 12.1. The zero-order valence-corrected chi connectivity index (χ0v) is 21.4. The Bertz CT molecular complexity index is 1140. The van der Waals surface area contributed by atoms with Crippen molar-refractivity contribution < 1.29 is 24.2 Å². The minimum Gasteiger partial charge on any atom is -0.465 e. The number of rotatable bonds is 6. The number of carboxylic acid groups (broad SMARTS) is 1. The van der Waals surface area contributed by atoms with E-state index < -0.39 is 34.8 Å². The molecule has 0 aliphatic rings. The highest BCUT2D eigenvalue weighted by Crippen LogP contribution is 2.54. The van der Waals surface area contributed by atoms with Crippen LogP contribution in [0, 0.1) is 5.41 Å². The highest BCUT2D eigenvalue weighted by atomic mass is 32.1. The van der Waals surface area contributed by atoms with Crippen LogP contribution in [0.5, 0.6) is 0 Å². The van der Waals surface area contributed by atoms with Gasteiger partial charge < -0.3 is 19.9 Å². The Morgan fingerprint density at radius 2 is 1.62 bits per heavy atom. The van der Waals surface area contributed by atoms with E-state index in [-0.39, 0.29) is 6.54 Å². The fourth-order valence-corrected chi connectivity index (χ4v) is 5.47. The van der Waals surface area contributed by atoms with E-state index in [1.807, 2.05) is 80.7 Å². The molecule has 1 amide bonds. The van der Waals surface area contributed by atoms with Crippen molar-refractivity contribution in [1.29, 1.82) is 0 Å². The Labute approximate surface area is 204 Å². The number of carbonyl (C=O) groups excluding carboxylic acids is 1. The molecule has 182 valence electrons. The highest BCUT2D eigenvalue weighted by molar-refractivity contribution is 7.10. The minimum absolute atomic E-state index is 0.0473. The van der Waals surface area contributed by atoms with E-state index in [0.717, 1.165) is 21.2 Å². The molecule has 0 spiro atoms. The van der Waals surface area contributed by atoms with Gasteiger partial charge in [0.1, 0.15) is 5.60 Å². The van der Waals surface area contributed by atoms with Crippen molar-refractivity contribution in [1.82, 2.24) is 5.32 Å². The van der Waals surface area contributed by atoms with Crippen molar-refractivity contribution in [2.24, 2.45) is 5.41 Å². The summed E-state index contributed by atoms with van der Waals surface area (Å²) >= 11 is 1.47. The molecule has 2 unspecified atom stereocenters. The lowest BCUT2D eigenvalue weighted by Gasteiger charge is -2.48. The monoisotopic (exact) mass is 483 g/mol. The number of amides is 1. The molecule has 0 radical (unpaired) electrons. The van der Waals surface area contributed by atoms with Crippen LogP contribution in [0.15, 0.2) is 60.0 Å². The van der Waals surface area contributed by atoms with Gasteiger partial charge in [0.2, 0.25) is 0 Å². The maximum Gasteiger partial charge on any atom is 0.509 e. The molecule has 0 fully saturated rings. The lowest BCUT2D eigenvalue weighted by molar-refractivity contribution is -0.129. The van der Waals surface area contributed by atoms with Crippen LogP contribution < -0.4 is 5.32 Å². The van der Waals surface area contributed by atoms with E-state index in [0.29, 0.717) is 0 Å². The van der Waals surface area contributed by atoms with Crippen molar-refractivity contribution >= 4 is 34.4 Å². The molecule has 6 nitrogen and oxygen atoms in total. The second kappa shape index (κ2) is 9.66. The van der Waals surface area contributed by atoms with Crippen LogP contribution >= 0.6 is 11.3 Å². The lowest BCUT2D eigenvalue weighted by atomic mass is 9.65. The number of hydrogen-bond donors (Lipinski definition) is 2. The van der Waals surface area contributed by atoms with Crippen LogP contribution in [-0.2, 0) is 15.1 Å². The van der Waals surface area contributed by atoms with Gasteiger partial charge in [0.05, 0.1) is 0 Å². The van der Waals surface area contributed by atoms with Gasteiger partial charge >= 0.3 is 12.2 Å². The second-order valence-electron chi connectivity index (χ2n) is 10.4. The van der Waals surface area contributed by atoms with Gasteiger partial charge in [-0.1, -0.05) is 69.3 Å². The summed E-state index contributed by atoms with van der Waals surface area (Å²) in [5, 5.41) is 16.0. The summed E-state index contributed by atoms with van der Waals surface area (Å²) in [6, 6.07) is 17.8. The van der Waals surface area contributed by atoms with Crippen molar-refractivity contribution in [2.45, 2.75) is 58.7 Å². The summed E-state index contributed by atoms with van der Waals surface area (Å²) in [7, 11) is 0. The molecule has 34 heavy (non-hydrogen) atoms. The molecule has 0 aliphatic carbocycles. The summed E-state index contributed by atoms with van der Waals surface area (Å²) in [6.45, 7) is 11.4. The first kappa shape index (κ1) is 25.6. The summed E-state index contributed by atoms with van der Waals surface area (Å²) in [6.07, 6.45) is -1.94. The van der Waals surface area contributed by atoms with Crippen LogP contribution in [-0.4, -0.2) is 29.5 Å². The number of thiophene rings is 1. The predicted molar refractivity (Wildman–Crippen MR) is 135 cm³/mol. The molecule has 0 saturated carbocycles. The maximum absolute atomic E-state index is 13.1. The Morgan fingerprint density at radius 3 is 2.18 bits per heavy atom. The molecule has 0 aliphatic heterocycles. The van der Waals surface area contributed by atoms with Gasteiger partial charge in [-0.25, -0.2) is 9.59 Å². The quantitative estimate of drug-likeness (QED) is 0.364. The van der Waals surface area contributed by atoms with Crippen LogP contribution in [0.1, 0.15) is 57.9 Å². The Kier molecular flexibility index (Phi) is 7.26. The summed E-state index contributed by atoms with van der Waals surface area (Å²) in [4.78, 5) is 25.5. The molecule has 2 N–H and O–H groups in total. The molecule has 2 aromatic carbocycles. The van der Waals surface area contributed by atoms with Crippen molar-refractivity contribution in [2.75, 3.05) is 6.54 Å². The van der Waals surface area contributed by atoms with E-state index in [1.165, 1.54) is 11.3 Å². The van der Waals surface area contributed by atoms with Crippen LogP contribution in [0.2, 0.25) is 0 Å². The molecular weight excluding hydrogens is 450 g/mol. The van der Waals surface area contributed by atoms with Crippen molar-refractivity contribution in [3.63, 3.8) is 0 Å². The maximum atomic E-state index is 13.1. The van der Waals surface area contributed by atoms with Crippen molar-refractivity contribution in [3.05, 3.63) is 70.4 Å². The number of benzene rings is 2. The Hall–Kier alpha value is -3.06. The van der Waals surface area contributed by atoms with E-state index in [4.69, 9.17) is 9.47 Å². The van der Waals surface area contributed by atoms with Gasteiger partial charge in [0, 0.05) is 22.8 Å². The first-order valence-electron chi connectivity index (χ1n) is 11.2.